The molecule has 0 unspecified atom stereocenters. The van der Waals surface area contributed by atoms with Crippen molar-refractivity contribution < 1.29 is 0 Å². The number of hydrogen-bond donors (Lipinski definition) is 2. The van der Waals surface area contributed by atoms with E-state index in [0.717, 1.165) is 0 Å². The van der Waals surface area contributed by atoms with Gasteiger partial charge >= 0.3 is 0 Å². The normalized spacial score (nSPS) is 15.3. The van der Waals surface area contributed by atoms with Crippen LogP contribution < -0.4 is 4.90 Å². The highest BCUT2D eigenvalue weighted by atomic mass is 15.1. The van der Waals surface area contributed by atoms with Gasteiger partial charge in [0.2, 0.25) is 0 Å². The minimum Gasteiger partial charge on any atom is -0.354 e. The summed E-state index contributed by atoms with van der Waals surface area (Å²) in [5, 5.41) is 5.22. The van der Waals surface area contributed by atoms with E-state index in [4.69, 9.17) is 0 Å². The summed E-state index contributed by atoms with van der Waals surface area (Å²) in [4.78, 5) is 10.5. The molecule has 3 nitrogen and oxygen atoms in total. The van der Waals surface area contributed by atoms with Crippen molar-refractivity contribution in [2.75, 3.05) is 4.90 Å². The van der Waals surface area contributed by atoms with Gasteiger partial charge in [-0.1, -0.05) is 162 Å². The molecule has 2 heterocycles. The van der Waals surface area contributed by atoms with Gasteiger partial charge in [0, 0.05) is 71.3 Å². The van der Waals surface area contributed by atoms with E-state index in [1.54, 1.807) is 0 Å². The Morgan fingerprint density at radius 1 is 0.386 bits per heavy atom. The lowest BCUT2D eigenvalue weighted by atomic mass is 9.72. The summed E-state index contributed by atoms with van der Waals surface area (Å²) >= 11 is 0. The largest absolute Gasteiger partial charge is 0.354 e. The Labute approximate surface area is 410 Å². The molecule has 0 amide bonds. The predicted octanol–water partition coefficient (Wildman–Crippen LogP) is 18.2. The van der Waals surface area contributed by atoms with Crippen LogP contribution >= 0.6 is 0 Å². The molecule has 3 aliphatic carbocycles. The maximum atomic E-state index is 4.01. The van der Waals surface area contributed by atoms with E-state index in [1.165, 1.54) is 161 Å². The summed E-state index contributed by atoms with van der Waals surface area (Å²) < 4.78 is 0. The maximum absolute atomic E-state index is 4.01. The Balaban J connectivity index is 1.000. The van der Waals surface area contributed by atoms with Crippen molar-refractivity contribution in [1.29, 1.82) is 0 Å². The van der Waals surface area contributed by atoms with Gasteiger partial charge in [0.1, 0.15) is 0 Å². The molecule has 2 N–H and O–H groups in total. The second-order valence-corrected chi connectivity index (χ2v) is 22.5. The molecule has 0 saturated carbocycles. The molecule has 3 aliphatic rings. The van der Waals surface area contributed by atoms with Gasteiger partial charge < -0.3 is 14.9 Å². The van der Waals surface area contributed by atoms with E-state index in [-0.39, 0.29) is 16.2 Å². The molecule has 2 aromatic heterocycles. The fourth-order valence-corrected chi connectivity index (χ4v) is 14.0. The van der Waals surface area contributed by atoms with Crippen LogP contribution in [0.15, 0.2) is 152 Å². The van der Waals surface area contributed by atoms with E-state index in [0.29, 0.717) is 0 Å². The standard InChI is InChI=1S/C67H57N3/c1-36-23-25-40(26-24-36)48-35-52-55(57-46-18-12-15-21-53(46)68-62(48)57)44-29-27-41(33-50(44)65(52,5)6)70(64-38(3)31-37(2)32-39(64)4)42-28-30-45-51(34-42)67(9,10)61-59(45)63-58(47-19-13-16-22-54(47)69-63)56-43-17-11-14-20-49(43)66(7,8)60(56)61/h11-35,68-69H,1-10H3. The molecule has 0 aliphatic heterocycles. The van der Waals surface area contributed by atoms with E-state index in [9.17, 15) is 0 Å². The van der Waals surface area contributed by atoms with Gasteiger partial charge in [0.25, 0.3) is 0 Å². The lowest BCUT2D eigenvalue weighted by molar-refractivity contribution is 0.602. The fourth-order valence-electron chi connectivity index (χ4n) is 14.0. The maximum Gasteiger partial charge on any atom is 0.0554 e. The summed E-state index contributed by atoms with van der Waals surface area (Å²) in [7, 11) is 0. The zero-order chi connectivity index (χ0) is 47.9. The van der Waals surface area contributed by atoms with Crippen LogP contribution in [0, 0.1) is 27.7 Å². The van der Waals surface area contributed by atoms with Gasteiger partial charge in [-0.2, -0.15) is 0 Å². The number of fused-ring (bicyclic) bond motifs is 19. The molecule has 0 bridgehead atoms. The van der Waals surface area contributed by atoms with Crippen molar-refractivity contribution in [2.24, 2.45) is 0 Å². The number of para-hydroxylation sites is 2. The third-order valence-corrected chi connectivity index (χ3v) is 17.2. The number of aryl methyl sites for hydroxylation is 4. The molecule has 14 rings (SSSR count). The topological polar surface area (TPSA) is 34.8 Å². The molecule has 11 aromatic rings. The van der Waals surface area contributed by atoms with Gasteiger partial charge in [-0.3, -0.25) is 0 Å². The molecule has 3 heteroatoms. The monoisotopic (exact) mass is 903 g/mol. The van der Waals surface area contributed by atoms with Crippen molar-refractivity contribution in [3.05, 3.63) is 207 Å². The van der Waals surface area contributed by atoms with Crippen LogP contribution in [0.4, 0.5) is 17.1 Å². The Kier molecular flexibility index (Phi) is 8.15. The highest BCUT2D eigenvalue weighted by Gasteiger charge is 2.48. The lowest BCUT2D eigenvalue weighted by Crippen LogP contribution is -2.24. The summed E-state index contributed by atoms with van der Waals surface area (Å²) in [6.07, 6.45) is 0. The van der Waals surface area contributed by atoms with Crippen LogP contribution in [0.1, 0.15) is 97.2 Å². The zero-order valence-corrected chi connectivity index (χ0v) is 41.9. The highest BCUT2D eigenvalue weighted by Crippen LogP contribution is 2.64. The summed E-state index contributed by atoms with van der Waals surface area (Å²) in [5.74, 6) is 0. The number of benzene rings is 9. The summed E-state index contributed by atoms with van der Waals surface area (Å²) in [5.41, 5.74) is 31.8. The average Bonchev–Trinajstić information content (AvgIpc) is 4.09. The molecule has 0 saturated heterocycles. The third kappa shape index (κ3) is 5.25. The van der Waals surface area contributed by atoms with Crippen molar-refractivity contribution in [2.45, 2.75) is 85.5 Å². The fraction of sp³-hybridized carbons (Fsp3) is 0.194. The quantitative estimate of drug-likeness (QED) is 0.181. The minimum absolute atomic E-state index is 0.180. The first-order valence-electron chi connectivity index (χ1n) is 25.2. The molecular formula is C67H57N3. The first-order valence-corrected chi connectivity index (χ1v) is 25.2. The van der Waals surface area contributed by atoms with Gasteiger partial charge in [-0.15, -0.1) is 0 Å². The molecule has 9 aromatic carbocycles. The van der Waals surface area contributed by atoms with Crippen LogP contribution in [0.25, 0.3) is 88.1 Å². The first kappa shape index (κ1) is 41.4. The molecule has 340 valence electrons. The number of nitrogens with zero attached hydrogens (tertiary/aromatic N) is 1. The molecule has 0 spiro atoms. The molecule has 0 fully saturated rings. The van der Waals surface area contributed by atoms with E-state index in [1.807, 2.05) is 0 Å². The Hall–Kier alpha value is -7.62. The predicted molar refractivity (Wildman–Crippen MR) is 297 cm³/mol. The number of aromatic nitrogens is 2. The van der Waals surface area contributed by atoms with Crippen LogP contribution in [-0.4, -0.2) is 9.97 Å². The van der Waals surface area contributed by atoms with Crippen molar-refractivity contribution in [3.8, 4) is 44.5 Å². The molecule has 0 atom stereocenters. The van der Waals surface area contributed by atoms with Crippen molar-refractivity contribution >= 4 is 60.7 Å². The van der Waals surface area contributed by atoms with Crippen LogP contribution in [0.3, 0.4) is 0 Å². The van der Waals surface area contributed by atoms with Gasteiger partial charge in [-0.25, -0.2) is 0 Å². The summed E-state index contributed by atoms with van der Waals surface area (Å²) in [6, 6.07) is 57.9. The number of aromatic amines is 2. The Bertz CT molecular complexity index is 4100. The molecule has 0 radical (unpaired) electrons. The second kappa shape index (κ2) is 13.8. The smallest absolute Gasteiger partial charge is 0.0554 e. The van der Waals surface area contributed by atoms with Crippen molar-refractivity contribution in [1.82, 2.24) is 9.97 Å². The van der Waals surface area contributed by atoms with Crippen molar-refractivity contribution in [3.63, 3.8) is 0 Å². The first-order chi connectivity index (χ1) is 33.6. The second-order valence-electron chi connectivity index (χ2n) is 22.5. The van der Waals surface area contributed by atoms with Gasteiger partial charge in [0.15, 0.2) is 0 Å². The van der Waals surface area contributed by atoms with E-state index < -0.39 is 0 Å². The van der Waals surface area contributed by atoms with Gasteiger partial charge in [0.05, 0.1) is 16.7 Å². The highest BCUT2D eigenvalue weighted by molar-refractivity contribution is 6.23. The summed E-state index contributed by atoms with van der Waals surface area (Å²) in [6.45, 7) is 23.7. The average molecular weight is 904 g/mol. The lowest BCUT2D eigenvalue weighted by Gasteiger charge is -2.33. The van der Waals surface area contributed by atoms with Crippen LogP contribution in [0.5, 0.6) is 0 Å². The minimum atomic E-state index is -0.292. The van der Waals surface area contributed by atoms with Crippen LogP contribution in [-0.2, 0) is 16.2 Å². The third-order valence-electron chi connectivity index (χ3n) is 17.2. The molecular weight excluding hydrogens is 847 g/mol. The zero-order valence-electron chi connectivity index (χ0n) is 41.9. The van der Waals surface area contributed by atoms with Crippen LogP contribution in [0.2, 0.25) is 0 Å². The number of rotatable bonds is 4. The van der Waals surface area contributed by atoms with E-state index in [2.05, 4.69) is 236 Å². The molecule has 70 heavy (non-hydrogen) atoms. The number of nitrogens with one attached hydrogen (secondary N) is 2. The van der Waals surface area contributed by atoms with E-state index >= 15 is 0 Å². The Morgan fingerprint density at radius 2 is 0.900 bits per heavy atom. The number of anilines is 3. The SMILES string of the molecule is Cc1ccc(-c2cc3c(c4c2[nH]c2ccccc24)-c2ccc(N(c4ccc5c(c4)C(C)(C)c4c6c(c7c([nH]c8ccccc87)c4-5)-c4ccccc4C6(C)C)c4c(C)cc(C)cc4C)cc2C3(C)C)cc1. The Morgan fingerprint density at radius 3 is 1.56 bits per heavy atom. The number of hydrogen-bond acceptors (Lipinski definition) is 1. The number of H-pyrrole nitrogens is 2. The van der Waals surface area contributed by atoms with Gasteiger partial charge in [-0.05, 0) is 148 Å².